The van der Waals surface area contributed by atoms with E-state index in [1.165, 1.54) is 0 Å². The van der Waals surface area contributed by atoms with Gasteiger partial charge in [-0.3, -0.25) is 4.79 Å². The highest BCUT2D eigenvalue weighted by Gasteiger charge is 2.31. The molecule has 1 aromatic rings. The molecule has 1 aliphatic rings. The summed E-state index contributed by atoms with van der Waals surface area (Å²) in [6.07, 6.45) is 0.832. The summed E-state index contributed by atoms with van der Waals surface area (Å²) in [5, 5.41) is 3.06. The van der Waals surface area contributed by atoms with Crippen LogP contribution in [0.5, 0.6) is 0 Å². The van der Waals surface area contributed by atoms with Crippen molar-refractivity contribution in [2.75, 3.05) is 6.61 Å². The van der Waals surface area contributed by atoms with Crippen LogP contribution in [0.25, 0.3) is 0 Å². The highest BCUT2D eigenvalue weighted by molar-refractivity contribution is 5.79. The smallest absolute Gasteiger partial charge is 0.226 e. The minimum Gasteiger partial charge on any atom is -0.378 e. The summed E-state index contributed by atoms with van der Waals surface area (Å²) in [5.74, 6) is 0.0613. The average molecular weight is 262 g/mol. The summed E-state index contributed by atoms with van der Waals surface area (Å²) in [6.45, 7) is 5.17. The molecule has 0 aromatic heterocycles. The summed E-state index contributed by atoms with van der Waals surface area (Å²) in [4.78, 5) is 12.2. The molecule has 3 N–H and O–H groups in total. The number of hydrogen-bond acceptors (Lipinski definition) is 3. The molecule has 3 atom stereocenters. The van der Waals surface area contributed by atoms with Gasteiger partial charge in [-0.05, 0) is 31.4 Å². The monoisotopic (exact) mass is 262 g/mol. The number of hydrogen-bond donors (Lipinski definition) is 2. The topological polar surface area (TPSA) is 64.3 Å². The predicted octanol–water partition coefficient (Wildman–Crippen LogP) is 1.75. The Balaban J connectivity index is 1.95. The third kappa shape index (κ3) is 3.33. The van der Waals surface area contributed by atoms with E-state index in [1.54, 1.807) is 0 Å². The Morgan fingerprint density at radius 1 is 1.47 bits per heavy atom. The third-order valence-electron chi connectivity index (χ3n) is 3.79. The van der Waals surface area contributed by atoms with Crippen molar-refractivity contribution in [2.24, 2.45) is 11.7 Å². The van der Waals surface area contributed by atoms with Crippen molar-refractivity contribution in [2.45, 2.75) is 39.0 Å². The molecule has 1 fully saturated rings. The number of amides is 1. The van der Waals surface area contributed by atoms with Crippen molar-refractivity contribution in [1.29, 1.82) is 0 Å². The number of carbonyl (C=O) groups excluding carboxylic acids is 1. The molecule has 0 bridgehead atoms. The van der Waals surface area contributed by atoms with Gasteiger partial charge in [0, 0.05) is 13.2 Å². The highest BCUT2D eigenvalue weighted by Crippen LogP contribution is 2.22. The van der Waals surface area contributed by atoms with Gasteiger partial charge >= 0.3 is 0 Å². The first-order valence-corrected chi connectivity index (χ1v) is 6.82. The maximum Gasteiger partial charge on any atom is 0.226 e. The Morgan fingerprint density at radius 2 is 2.16 bits per heavy atom. The normalized spacial score (nSPS) is 24.2. The summed E-state index contributed by atoms with van der Waals surface area (Å²) in [6, 6.07) is 8.04. The van der Waals surface area contributed by atoms with Crippen LogP contribution in [0.1, 0.15) is 37.4 Å². The Labute approximate surface area is 114 Å². The molecule has 19 heavy (non-hydrogen) atoms. The molecule has 1 amide bonds. The van der Waals surface area contributed by atoms with Gasteiger partial charge < -0.3 is 15.8 Å². The lowest BCUT2D eigenvalue weighted by Gasteiger charge is -2.19. The van der Waals surface area contributed by atoms with Crippen LogP contribution in [0.15, 0.2) is 24.3 Å². The van der Waals surface area contributed by atoms with Crippen molar-refractivity contribution < 1.29 is 9.53 Å². The van der Waals surface area contributed by atoms with Gasteiger partial charge in [-0.25, -0.2) is 0 Å². The van der Waals surface area contributed by atoms with Crippen LogP contribution in [0.4, 0.5) is 0 Å². The number of benzene rings is 1. The summed E-state index contributed by atoms with van der Waals surface area (Å²) >= 11 is 0. The van der Waals surface area contributed by atoms with Crippen LogP contribution in [-0.2, 0) is 16.1 Å². The molecule has 0 radical (unpaired) electrons. The second kappa shape index (κ2) is 6.17. The van der Waals surface area contributed by atoms with Crippen molar-refractivity contribution in [1.82, 2.24) is 5.32 Å². The zero-order valence-corrected chi connectivity index (χ0v) is 11.6. The van der Waals surface area contributed by atoms with E-state index in [1.807, 2.05) is 38.1 Å². The second-order valence-electron chi connectivity index (χ2n) is 5.15. The Morgan fingerprint density at radius 3 is 2.68 bits per heavy atom. The summed E-state index contributed by atoms with van der Waals surface area (Å²) in [7, 11) is 0. The largest absolute Gasteiger partial charge is 0.378 e. The number of rotatable bonds is 4. The zero-order valence-electron chi connectivity index (χ0n) is 11.6. The molecule has 4 heteroatoms. The lowest BCUT2D eigenvalue weighted by Crippen LogP contribution is -2.35. The van der Waals surface area contributed by atoms with E-state index in [-0.39, 0.29) is 24.0 Å². The predicted molar refractivity (Wildman–Crippen MR) is 74.4 cm³/mol. The molecule has 3 unspecified atom stereocenters. The number of nitrogens with one attached hydrogen (secondary N) is 1. The van der Waals surface area contributed by atoms with Crippen LogP contribution in [0.2, 0.25) is 0 Å². The van der Waals surface area contributed by atoms with Gasteiger partial charge in [-0.15, -0.1) is 0 Å². The fourth-order valence-corrected chi connectivity index (χ4v) is 2.42. The lowest BCUT2D eigenvalue weighted by molar-refractivity contribution is -0.127. The molecule has 104 valence electrons. The molecular formula is C15H22N2O2. The van der Waals surface area contributed by atoms with E-state index in [4.69, 9.17) is 10.5 Å². The molecule has 1 aliphatic heterocycles. The third-order valence-corrected chi connectivity index (χ3v) is 3.79. The van der Waals surface area contributed by atoms with Gasteiger partial charge in [-0.1, -0.05) is 24.3 Å². The van der Waals surface area contributed by atoms with E-state index in [0.29, 0.717) is 13.2 Å². The Bertz CT molecular complexity index is 430. The zero-order chi connectivity index (χ0) is 13.8. The van der Waals surface area contributed by atoms with Crippen LogP contribution in [0, 0.1) is 5.92 Å². The summed E-state index contributed by atoms with van der Waals surface area (Å²) in [5.41, 5.74) is 7.76. The van der Waals surface area contributed by atoms with Gasteiger partial charge in [0.15, 0.2) is 0 Å². The van der Waals surface area contributed by atoms with E-state index in [9.17, 15) is 4.79 Å². The lowest BCUT2D eigenvalue weighted by atomic mass is 10.00. The SMILES string of the molecule is CC(NC(=O)C1CCOC1C)c1ccc(CN)cc1. The first-order chi connectivity index (χ1) is 9.11. The van der Waals surface area contributed by atoms with Gasteiger partial charge in [0.1, 0.15) is 0 Å². The minimum atomic E-state index is -0.0224. The molecule has 1 heterocycles. The molecule has 2 rings (SSSR count). The van der Waals surface area contributed by atoms with Crippen LogP contribution >= 0.6 is 0 Å². The first kappa shape index (κ1) is 14.0. The number of nitrogens with two attached hydrogens (primary N) is 1. The van der Waals surface area contributed by atoms with Crippen LogP contribution in [0.3, 0.4) is 0 Å². The maximum absolute atomic E-state index is 12.2. The van der Waals surface area contributed by atoms with Gasteiger partial charge in [-0.2, -0.15) is 0 Å². The molecule has 0 saturated carbocycles. The number of carbonyl (C=O) groups is 1. The fraction of sp³-hybridized carbons (Fsp3) is 0.533. The molecule has 0 aliphatic carbocycles. The van der Waals surface area contributed by atoms with Crippen molar-refractivity contribution in [3.05, 3.63) is 35.4 Å². The summed E-state index contributed by atoms with van der Waals surface area (Å²) < 4.78 is 5.43. The highest BCUT2D eigenvalue weighted by atomic mass is 16.5. The molecular weight excluding hydrogens is 240 g/mol. The fourth-order valence-electron chi connectivity index (χ4n) is 2.42. The van der Waals surface area contributed by atoms with Gasteiger partial charge in [0.05, 0.1) is 18.1 Å². The van der Waals surface area contributed by atoms with E-state index in [2.05, 4.69) is 5.32 Å². The molecule has 0 spiro atoms. The maximum atomic E-state index is 12.2. The molecule has 1 aromatic carbocycles. The van der Waals surface area contributed by atoms with Crippen molar-refractivity contribution >= 4 is 5.91 Å². The molecule has 1 saturated heterocycles. The Kier molecular flexibility index (Phi) is 4.56. The number of ether oxygens (including phenoxy) is 1. The Hall–Kier alpha value is -1.39. The standard InChI is InChI=1S/C15H22N2O2/c1-10(13-5-3-12(9-16)4-6-13)17-15(18)14-7-8-19-11(14)2/h3-6,10-11,14H,7-9,16H2,1-2H3,(H,17,18). The van der Waals surface area contributed by atoms with Crippen LogP contribution < -0.4 is 11.1 Å². The second-order valence-corrected chi connectivity index (χ2v) is 5.15. The van der Waals surface area contributed by atoms with Crippen molar-refractivity contribution in [3.63, 3.8) is 0 Å². The van der Waals surface area contributed by atoms with E-state index in [0.717, 1.165) is 17.5 Å². The molecule has 4 nitrogen and oxygen atoms in total. The van der Waals surface area contributed by atoms with E-state index < -0.39 is 0 Å². The minimum absolute atomic E-state index is 0.00660. The quantitative estimate of drug-likeness (QED) is 0.869. The average Bonchev–Trinajstić information content (AvgIpc) is 2.85. The van der Waals surface area contributed by atoms with Crippen molar-refractivity contribution in [3.8, 4) is 0 Å². The van der Waals surface area contributed by atoms with E-state index >= 15 is 0 Å². The first-order valence-electron chi connectivity index (χ1n) is 6.82. The van der Waals surface area contributed by atoms with Gasteiger partial charge in [0.2, 0.25) is 5.91 Å². The van der Waals surface area contributed by atoms with Crippen LogP contribution in [-0.4, -0.2) is 18.6 Å². The van der Waals surface area contributed by atoms with Gasteiger partial charge in [0.25, 0.3) is 0 Å².